The first-order valence-electron chi connectivity index (χ1n) is 10.2. The first kappa shape index (κ1) is 23.2. The van der Waals surface area contributed by atoms with Crippen LogP contribution in [0.4, 0.5) is 5.82 Å². The maximum Gasteiger partial charge on any atom is 0.236 e. The van der Waals surface area contributed by atoms with Gasteiger partial charge in [0, 0.05) is 51.5 Å². The van der Waals surface area contributed by atoms with Gasteiger partial charge < -0.3 is 15.1 Å². The molecule has 1 saturated carbocycles. The number of hydrogen-bond donors (Lipinski definition) is 1. The Morgan fingerprint density at radius 3 is 2.32 bits per heavy atom. The number of carbonyl (C=O) groups is 1. The van der Waals surface area contributed by atoms with Crippen molar-refractivity contribution in [2.45, 2.75) is 31.7 Å². The van der Waals surface area contributed by atoms with E-state index in [9.17, 15) is 4.79 Å². The molecule has 0 unspecified atom stereocenters. The van der Waals surface area contributed by atoms with Crippen molar-refractivity contribution in [2.24, 2.45) is 5.92 Å². The van der Waals surface area contributed by atoms with Crippen molar-refractivity contribution in [1.29, 1.82) is 0 Å². The van der Waals surface area contributed by atoms with E-state index in [0.717, 1.165) is 63.8 Å². The second-order valence-electron chi connectivity index (χ2n) is 7.96. The van der Waals surface area contributed by atoms with Crippen molar-refractivity contribution < 1.29 is 4.79 Å². The predicted octanol–water partition coefficient (Wildman–Crippen LogP) is 2.04. The minimum Gasteiger partial charge on any atom is -0.354 e. The Kier molecular flexibility index (Phi) is 9.28. The number of piperazine rings is 1. The van der Waals surface area contributed by atoms with Gasteiger partial charge in [-0.05, 0) is 50.3 Å². The van der Waals surface area contributed by atoms with E-state index in [1.54, 1.807) is 0 Å². The Balaban J connectivity index is 0.00000140. The van der Waals surface area contributed by atoms with Crippen LogP contribution in [-0.4, -0.2) is 79.1 Å². The summed E-state index contributed by atoms with van der Waals surface area (Å²) in [4.78, 5) is 23.7. The van der Waals surface area contributed by atoms with Gasteiger partial charge in [-0.3, -0.25) is 9.69 Å². The summed E-state index contributed by atoms with van der Waals surface area (Å²) in [6, 6.07) is 6.65. The normalized spacial score (nSPS) is 21.0. The number of piperidine rings is 1. The van der Waals surface area contributed by atoms with E-state index < -0.39 is 0 Å². The molecule has 2 saturated heterocycles. The zero-order chi connectivity index (χ0) is 17.8. The van der Waals surface area contributed by atoms with Crippen LogP contribution in [0.2, 0.25) is 0 Å². The van der Waals surface area contributed by atoms with Gasteiger partial charge in [0.15, 0.2) is 0 Å². The Bertz CT molecular complexity index is 586. The minimum atomic E-state index is 0. The van der Waals surface area contributed by atoms with Crippen molar-refractivity contribution in [3.63, 3.8) is 0 Å². The third-order valence-electron chi connectivity index (χ3n) is 5.94. The van der Waals surface area contributed by atoms with Gasteiger partial charge in [-0.25, -0.2) is 4.98 Å². The van der Waals surface area contributed by atoms with Crippen LogP contribution in [0, 0.1) is 5.92 Å². The molecule has 3 fully saturated rings. The lowest BCUT2D eigenvalue weighted by atomic mass is 10.0. The van der Waals surface area contributed by atoms with Gasteiger partial charge >= 0.3 is 0 Å². The lowest BCUT2D eigenvalue weighted by Gasteiger charge is -2.37. The third kappa shape index (κ3) is 6.48. The molecule has 1 aromatic heterocycles. The summed E-state index contributed by atoms with van der Waals surface area (Å²) in [6.07, 6.45) is 6.85. The number of anilines is 1. The number of nitrogens with one attached hydrogen (secondary N) is 1. The molecular weight excluding hydrogens is 397 g/mol. The number of carbonyl (C=O) groups excluding carboxylic acids is 1. The van der Waals surface area contributed by atoms with Crippen LogP contribution < -0.4 is 10.2 Å². The fraction of sp³-hybridized carbons (Fsp3) is 0.700. The summed E-state index contributed by atoms with van der Waals surface area (Å²) in [5.41, 5.74) is 0. The highest BCUT2D eigenvalue weighted by molar-refractivity contribution is 5.85. The van der Waals surface area contributed by atoms with E-state index in [0.29, 0.717) is 18.5 Å². The highest BCUT2D eigenvalue weighted by Crippen LogP contribution is 2.28. The smallest absolute Gasteiger partial charge is 0.236 e. The Labute approximate surface area is 180 Å². The lowest BCUT2D eigenvalue weighted by Crippen LogP contribution is -2.52. The van der Waals surface area contributed by atoms with Crippen LogP contribution in [0.5, 0.6) is 0 Å². The molecule has 28 heavy (non-hydrogen) atoms. The topological polar surface area (TPSA) is 51.7 Å². The highest BCUT2D eigenvalue weighted by atomic mass is 35.5. The van der Waals surface area contributed by atoms with E-state index in [-0.39, 0.29) is 24.8 Å². The first-order chi connectivity index (χ1) is 12.8. The van der Waals surface area contributed by atoms with Crippen LogP contribution in [0.15, 0.2) is 24.4 Å². The average Bonchev–Trinajstić information content (AvgIpc) is 3.52. The summed E-state index contributed by atoms with van der Waals surface area (Å²) < 4.78 is 0. The highest BCUT2D eigenvalue weighted by Gasteiger charge is 2.27. The van der Waals surface area contributed by atoms with E-state index >= 15 is 0 Å². The minimum absolute atomic E-state index is 0. The van der Waals surface area contributed by atoms with E-state index in [4.69, 9.17) is 0 Å². The Morgan fingerprint density at radius 1 is 1.00 bits per heavy atom. The molecule has 1 aromatic rings. The first-order valence-corrected chi connectivity index (χ1v) is 10.2. The number of halogens is 2. The Hall–Kier alpha value is -1.08. The van der Waals surface area contributed by atoms with Crippen molar-refractivity contribution in [3.8, 4) is 0 Å². The molecule has 0 aromatic carbocycles. The third-order valence-corrected chi connectivity index (χ3v) is 5.94. The van der Waals surface area contributed by atoms with E-state index in [1.807, 2.05) is 18.3 Å². The van der Waals surface area contributed by atoms with Crippen LogP contribution >= 0.6 is 24.8 Å². The van der Waals surface area contributed by atoms with Gasteiger partial charge in [-0.15, -0.1) is 24.8 Å². The van der Waals surface area contributed by atoms with Crippen molar-refractivity contribution in [2.75, 3.05) is 57.3 Å². The van der Waals surface area contributed by atoms with Crippen LogP contribution in [0.3, 0.4) is 0 Å². The molecule has 3 heterocycles. The second-order valence-corrected chi connectivity index (χ2v) is 7.96. The van der Waals surface area contributed by atoms with Gasteiger partial charge in [0.25, 0.3) is 0 Å². The zero-order valence-corrected chi connectivity index (χ0v) is 18.1. The monoisotopic (exact) mass is 429 g/mol. The summed E-state index contributed by atoms with van der Waals surface area (Å²) in [7, 11) is 0. The van der Waals surface area contributed by atoms with Gasteiger partial charge in [0.1, 0.15) is 5.82 Å². The molecule has 0 atom stereocenters. The van der Waals surface area contributed by atoms with Gasteiger partial charge in [-0.2, -0.15) is 0 Å². The number of hydrogen-bond acceptors (Lipinski definition) is 5. The molecule has 8 heteroatoms. The fourth-order valence-electron chi connectivity index (χ4n) is 3.96. The maximum atomic E-state index is 12.6. The molecule has 1 N–H and O–H groups in total. The summed E-state index contributed by atoms with van der Waals surface area (Å²) in [5.74, 6) is 2.27. The van der Waals surface area contributed by atoms with Crippen molar-refractivity contribution in [1.82, 2.24) is 20.1 Å². The van der Waals surface area contributed by atoms with Crippen LogP contribution in [0.1, 0.15) is 25.7 Å². The fourth-order valence-corrected chi connectivity index (χ4v) is 3.96. The number of likely N-dealkylation sites (tertiary alicyclic amines) is 1. The molecule has 0 bridgehead atoms. The number of rotatable bonds is 6. The molecule has 0 spiro atoms. The zero-order valence-electron chi connectivity index (χ0n) is 16.5. The van der Waals surface area contributed by atoms with Crippen LogP contribution in [0.25, 0.3) is 0 Å². The van der Waals surface area contributed by atoms with Crippen LogP contribution in [-0.2, 0) is 4.79 Å². The largest absolute Gasteiger partial charge is 0.354 e. The summed E-state index contributed by atoms with van der Waals surface area (Å²) in [6.45, 7) is 7.32. The molecule has 6 nitrogen and oxygen atoms in total. The molecule has 0 radical (unpaired) electrons. The number of pyridine rings is 1. The molecule has 158 valence electrons. The predicted molar refractivity (Wildman–Crippen MR) is 118 cm³/mol. The second kappa shape index (κ2) is 11.2. The number of amides is 1. The Morgan fingerprint density at radius 2 is 1.71 bits per heavy atom. The number of aromatic nitrogens is 1. The molecule has 1 amide bonds. The van der Waals surface area contributed by atoms with Crippen molar-refractivity contribution in [3.05, 3.63) is 24.4 Å². The molecule has 4 rings (SSSR count). The quantitative estimate of drug-likeness (QED) is 0.749. The van der Waals surface area contributed by atoms with Crippen molar-refractivity contribution >= 4 is 36.5 Å². The molecular formula is C20H33Cl2N5O. The summed E-state index contributed by atoms with van der Waals surface area (Å²) in [5, 5.41) is 3.68. The standard InChI is InChI=1S/C20H31N5O.2ClH/c26-20(25-9-6-18(7-10-25)22-15-17-4-5-17)16-23-11-13-24(14-12-23)19-3-1-2-8-21-19;;/h1-3,8,17-18,22H,4-7,9-16H2;2*1H. The molecule has 3 aliphatic rings. The maximum absolute atomic E-state index is 12.6. The lowest BCUT2D eigenvalue weighted by molar-refractivity contribution is -0.133. The average molecular weight is 430 g/mol. The van der Waals surface area contributed by atoms with Gasteiger partial charge in [0.2, 0.25) is 5.91 Å². The van der Waals surface area contributed by atoms with Gasteiger partial charge in [-0.1, -0.05) is 6.07 Å². The number of nitrogens with zero attached hydrogens (tertiary/aromatic N) is 4. The SMILES string of the molecule is Cl.Cl.O=C(CN1CCN(c2ccccn2)CC1)N1CCC(NCC2CC2)CC1. The molecule has 2 aliphatic heterocycles. The van der Waals surface area contributed by atoms with Gasteiger partial charge in [0.05, 0.1) is 6.54 Å². The van der Waals surface area contributed by atoms with E-state index in [2.05, 4.69) is 31.1 Å². The summed E-state index contributed by atoms with van der Waals surface area (Å²) >= 11 is 0. The van der Waals surface area contributed by atoms with E-state index in [1.165, 1.54) is 19.4 Å². The molecule has 1 aliphatic carbocycles.